The van der Waals surface area contributed by atoms with Crippen LogP contribution in [0.3, 0.4) is 0 Å². The van der Waals surface area contributed by atoms with Gasteiger partial charge in [-0.3, -0.25) is 4.79 Å². The summed E-state index contributed by atoms with van der Waals surface area (Å²) in [5, 5.41) is 8.10. The summed E-state index contributed by atoms with van der Waals surface area (Å²) in [6.45, 7) is 4.30. The van der Waals surface area contributed by atoms with Gasteiger partial charge in [-0.1, -0.05) is 69.4 Å². The van der Waals surface area contributed by atoms with E-state index in [1.165, 1.54) is 36.9 Å². The number of Topliss-reactive ketones (excluding diaryl/α,β-unsaturated/α-hetero) is 1. The lowest BCUT2D eigenvalue weighted by Crippen LogP contribution is -2.38. The number of benzene rings is 1. The Labute approximate surface area is 197 Å². The fourth-order valence-electron chi connectivity index (χ4n) is 6.47. The van der Waals surface area contributed by atoms with Crippen LogP contribution >= 0.6 is 0 Å². The number of aromatic nitrogens is 3. The van der Waals surface area contributed by atoms with Crippen LogP contribution in [0.1, 0.15) is 97.3 Å². The predicted octanol–water partition coefficient (Wildman–Crippen LogP) is 5.93. The summed E-state index contributed by atoms with van der Waals surface area (Å²) in [5.41, 5.74) is 1.61. The van der Waals surface area contributed by atoms with E-state index in [4.69, 9.17) is 4.84 Å². The number of nitrogens with zero attached hydrogens (tertiary/aromatic N) is 3. The van der Waals surface area contributed by atoms with Gasteiger partial charge in [-0.25, -0.2) is 4.79 Å². The number of carbonyl (C=O) groups excluding carboxylic acids is 2. The molecule has 3 atom stereocenters. The van der Waals surface area contributed by atoms with Gasteiger partial charge >= 0.3 is 5.97 Å². The predicted molar refractivity (Wildman–Crippen MR) is 128 cm³/mol. The minimum Gasteiger partial charge on any atom is -0.317 e. The van der Waals surface area contributed by atoms with Gasteiger partial charge in [0, 0.05) is 12.8 Å². The summed E-state index contributed by atoms with van der Waals surface area (Å²) in [6.07, 6.45) is 13.6. The highest BCUT2D eigenvalue weighted by Gasteiger charge is 2.39. The third-order valence-electron chi connectivity index (χ3n) is 8.45. The molecule has 1 heterocycles. The van der Waals surface area contributed by atoms with E-state index in [-0.39, 0.29) is 29.1 Å². The fourth-order valence-corrected chi connectivity index (χ4v) is 6.47. The van der Waals surface area contributed by atoms with E-state index in [2.05, 4.69) is 17.2 Å². The van der Waals surface area contributed by atoms with Crippen LogP contribution in [0.25, 0.3) is 11.0 Å². The normalized spacial score (nSPS) is 23.8. The molecule has 0 bridgehead atoms. The van der Waals surface area contributed by atoms with E-state index in [0.717, 1.165) is 38.5 Å². The molecule has 180 valence electrons. The first kappa shape index (κ1) is 23.9. The Morgan fingerprint density at radius 3 is 2.61 bits per heavy atom. The first-order valence-corrected chi connectivity index (χ1v) is 13.1. The first-order valence-electron chi connectivity index (χ1n) is 13.1. The molecule has 2 aliphatic rings. The van der Waals surface area contributed by atoms with Crippen LogP contribution in [-0.4, -0.2) is 26.9 Å². The van der Waals surface area contributed by atoms with E-state index in [1.807, 2.05) is 31.2 Å². The number of fused-ring (bicyclic) bond motifs is 1. The molecule has 0 N–H and O–H groups in total. The van der Waals surface area contributed by atoms with Crippen LogP contribution in [-0.2, 0) is 9.59 Å². The van der Waals surface area contributed by atoms with Crippen LogP contribution in [0.4, 0.5) is 0 Å². The van der Waals surface area contributed by atoms with Crippen molar-refractivity contribution in [2.45, 2.75) is 97.3 Å². The Balaban J connectivity index is 1.43. The molecule has 0 unspecified atom stereocenters. The van der Waals surface area contributed by atoms with Crippen molar-refractivity contribution in [1.29, 1.82) is 0 Å². The Hall–Kier alpha value is -2.24. The molecule has 0 radical (unpaired) electrons. The lowest BCUT2D eigenvalue weighted by atomic mass is 9.66. The smallest absolute Gasteiger partial charge is 0.317 e. The van der Waals surface area contributed by atoms with Gasteiger partial charge in [0.25, 0.3) is 0 Å². The van der Waals surface area contributed by atoms with Crippen molar-refractivity contribution >= 4 is 22.8 Å². The van der Waals surface area contributed by atoms with Crippen molar-refractivity contribution in [3.8, 4) is 0 Å². The zero-order valence-corrected chi connectivity index (χ0v) is 20.3. The van der Waals surface area contributed by atoms with Gasteiger partial charge in [0.05, 0.1) is 5.92 Å². The van der Waals surface area contributed by atoms with Crippen molar-refractivity contribution in [2.75, 3.05) is 0 Å². The number of ketones is 1. The molecule has 2 saturated carbocycles. The molecule has 0 aliphatic heterocycles. The monoisotopic (exact) mass is 453 g/mol. The maximum absolute atomic E-state index is 13.2. The summed E-state index contributed by atoms with van der Waals surface area (Å²) in [7, 11) is 0. The molecule has 2 fully saturated rings. The Morgan fingerprint density at radius 2 is 1.85 bits per heavy atom. The lowest BCUT2D eigenvalue weighted by molar-refractivity contribution is -0.154. The molecule has 2 aliphatic carbocycles. The van der Waals surface area contributed by atoms with Gasteiger partial charge in [0.15, 0.2) is 0 Å². The number of rotatable bonds is 9. The lowest BCUT2D eigenvalue weighted by Gasteiger charge is -2.38. The summed E-state index contributed by atoms with van der Waals surface area (Å²) in [5.74, 6) is 0.393. The highest BCUT2D eigenvalue weighted by Crippen LogP contribution is 2.44. The van der Waals surface area contributed by atoms with Crippen molar-refractivity contribution in [2.24, 2.45) is 23.2 Å². The number of hydrogen-bond donors (Lipinski definition) is 0. The van der Waals surface area contributed by atoms with Gasteiger partial charge in [-0.15, -0.1) is 5.10 Å². The second-order valence-electron chi connectivity index (χ2n) is 10.4. The third-order valence-corrected chi connectivity index (χ3v) is 8.45. The van der Waals surface area contributed by atoms with E-state index in [9.17, 15) is 9.59 Å². The molecule has 33 heavy (non-hydrogen) atoms. The average molecular weight is 454 g/mol. The second kappa shape index (κ2) is 10.8. The van der Waals surface area contributed by atoms with Gasteiger partial charge in [0.2, 0.25) is 0 Å². The van der Waals surface area contributed by atoms with Crippen LogP contribution < -0.4 is 4.84 Å². The molecular formula is C27H39N3O3. The zero-order valence-electron chi connectivity index (χ0n) is 20.3. The second-order valence-corrected chi connectivity index (χ2v) is 10.4. The molecule has 6 nitrogen and oxygen atoms in total. The van der Waals surface area contributed by atoms with Crippen LogP contribution in [0.5, 0.6) is 0 Å². The summed E-state index contributed by atoms with van der Waals surface area (Å²) in [6, 6.07) is 7.46. The van der Waals surface area contributed by atoms with Crippen LogP contribution in [0, 0.1) is 23.2 Å². The third kappa shape index (κ3) is 5.47. The van der Waals surface area contributed by atoms with Gasteiger partial charge in [-0.05, 0) is 66.7 Å². The minimum atomic E-state index is -0.255. The molecule has 0 saturated heterocycles. The summed E-state index contributed by atoms with van der Waals surface area (Å²) in [4.78, 5) is 33.4. The Kier molecular flexibility index (Phi) is 7.82. The first-order chi connectivity index (χ1) is 16.0. The number of para-hydroxylation sites is 1. The molecule has 0 amide bonds. The molecule has 1 aromatic heterocycles. The van der Waals surface area contributed by atoms with E-state index >= 15 is 0 Å². The molecule has 4 rings (SSSR count). The van der Waals surface area contributed by atoms with Crippen LogP contribution in [0.15, 0.2) is 24.3 Å². The van der Waals surface area contributed by atoms with E-state index < -0.39 is 0 Å². The molecular weight excluding hydrogens is 414 g/mol. The largest absolute Gasteiger partial charge is 0.338 e. The highest BCUT2D eigenvalue weighted by molar-refractivity contribution is 5.80. The van der Waals surface area contributed by atoms with Crippen molar-refractivity contribution in [3.63, 3.8) is 0 Å². The van der Waals surface area contributed by atoms with Crippen molar-refractivity contribution in [3.05, 3.63) is 24.3 Å². The highest BCUT2D eigenvalue weighted by atomic mass is 16.7. The average Bonchev–Trinajstić information content (AvgIpc) is 3.24. The molecule has 0 spiro atoms. The minimum absolute atomic E-state index is 0.193. The fraction of sp³-hybridized carbons (Fsp3) is 0.704. The van der Waals surface area contributed by atoms with Crippen LogP contribution in [0.2, 0.25) is 0 Å². The molecule has 1 aromatic carbocycles. The standard InChI is InChI=1S/C27H39N3O3/c1-3-22(26(32)33-30-25-15-9-8-14-24(25)28-29-30)23-13-7-6-12-20(23)18-21(31)19-27(4-2)16-10-5-11-17-27/h8-9,14-15,20,22-23H,3-7,10-13,16-19H2,1-2H3/t20-,22+,23-/m1/s1. The summed E-state index contributed by atoms with van der Waals surface area (Å²) >= 11 is 0. The topological polar surface area (TPSA) is 74.1 Å². The zero-order chi connectivity index (χ0) is 23.3. The quantitative estimate of drug-likeness (QED) is 0.440. The number of carbonyl (C=O) groups is 2. The molecule has 2 aromatic rings. The Morgan fingerprint density at radius 1 is 1.09 bits per heavy atom. The SMILES string of the molecule is CC[C@H](C(=O)On1nnc2ccccc21)[C@@H]1CCCC[C@@H]1CC(=O)CC1(CC)CCCCC1. The van der Waals surface area contributed by atoms with Gasteiger partial charge in [0.1, 0.15) is 16.8 Å². The Bertz CT molecular complexity index is 947. The van der Waals surface area contributed by atoms with Gasteiger partial charge in [-0.2, -0.15) is 0 Å². The molecule has 6 heteroatoms. The van der Waals surface area contributed by atoms with E-state index in [0.29, 0.717) is 29.7 Å². The van der Waals surface area contributed by atoms with Crippen molar-refractivity contribution < 1.29 is 14.4 Å². The van der Waals surface area contributed by atoms with Crippen molar-refractivity contribution in [1.82, 2.24) is 15.2 Å². The maximum Gasteiger partial charge on any atom is 0.338 e. The number of hydrogen-bond acceptors (Lipinski definition) is 5. The van der Waals surface area contributed by atoms with Gasteiger partial charge < -0.3 is 4.84 Å². The van der Waals surface area contributed by atoms with E-state index in [1.54, 1.807) is 0 Å². The summed E-state index contributed by atoms with van der Waals surface area (Å²) < 4.78 is 0. The maximum atomic E-state index is 13.2.